The quantitative estimate of drug-likeness (QED) is 0.627. The van der Waals surface area contributed by atoms with Crippen LogP contribution in [0.5, 0.6) is 0 Å². The van der Waals surface area contributed by atoms with Crippen LogP contribution in [0.15, 0.2) is 24.3 Å². The average molecular weight is 357 g/mol. The highest BCUT2D eigenvalue weighted by Crippen LogP contribution is 2.28. The molecule has 1 amide bonds. The van der Waals surface area contributed by atoms with Crippen LogP contribution < -0.4 is 5.32 Å². The molecule has 0 unspecified atom stereocenters. The molecular formula is C15H20INO. The Hall–Kier alpha value is -0.580. The smallest absolute Gasteiger partial charge is 0.252 e. The van der Waals surface area contributed by atoms with Crippen molar-refractivity contribution in [2.75, 3.05) is 6.54 Å². The van der Waals surface area contributed by atoms with E-state index in [9.17, 15) is 4.79 Å². The first-order chi connectivity index (χ1) is 8.77. The van der Waals surface area contributed by atoms with E-state index in [-0.39, 0.29) is 5.91 Å². The van der Waals surface area contributed by atoms with Gasteiger partial charge in [0.25, 0.3) is 5.91 Å². The summed E-state index contributed by atoms with van der Waals surface area (Å²) in [4.78, 5) is 11.9. The van der Waals surface area contributed by atoms with Gasteiger partial charge in [0.1, 0.15) is 0 Å². The molecule has 2 nitrogen and oxygen atoms in total. The lowest BCUT2D eigenvalue weighted by Gasteiger charge is -2.10. The highest BCUT2D eigenvalue weighted by molar-refractivity contribution is 14.1. The minimum absolute atomic E-state index is 0.0615. The van der Waals surface area contributed by atoms with E-state index in [1.54, 1.807) is 0 Å². The lowest BCUT2D eigenvalue weighted by molar-refractivity contribution is 0.0951. The first-order valence-corrected chi connectivity index (χ1v) is 7.88. The number of carbonyl (C=O) groups is 1. The highest BCUT2D eigenvalue weighted by Gasteiger charge is 2.14. The first kappa shape index (κ1) is 13.8. The lowest BCUT2D eigenvalue weighted by atomic mass is 10.0. The van der Waals surface area contributed by atoms with E-state index >= 15 is 0 Å². The number of halogens is 1. The molecule has 1 saturated carbocycles. The lowest BCUT2D eigenvalue weighted by Crippen LogP contribution is -2.25. The Morgan fingerprint density at radius 2 is 2.00 bits per heavy atom. The van der Waals surface area contributed by atoms with Gasteiger partial charge in [0.05, 0.1) is 5.56 Å². The van der Waals surface area contributed by atoms with Crippen LogP contribution in [0.25, 0.3) is 0 Å². The first-order valence-electron chi connectivity index (χ1n) is 6.80. The predicted octanol–water partition coefficient (Wildman–Crippen LogP) is 3.99. The second-order valence-electron chi connectivity index (χ2n) is 5.03. The molecule has 0 bridgehead atoms. The Morgan fingerprint density at radius 1 is 1.28 bits per heavy atom. The van der Waals surface area contributed by atoms with E-state index in [1.165, 1.54) is 32.1 Å². The zero-order valence-electron chi connectivity index (χ0n) is 10.6. The van der Waals surface area contributed by atoms with Crippen molar-refractivity contribution in [2.45, 2.75) is 38.5 Å². The van der Waals surface area contributed by atoms with Gasteiger partial charge in [-0.1, -0.05) is 37.8 Å². The van der Waals surface area contributed by atoms with Crippen molar-refractivity contribution in [3.05, 3.63) is 33.4 Å². The van der Waals surface area contributed by atoms with Gasteiger partial charge in [-0.25, -0.2) is 0 Å². The Morgan fingerprint density at radius 3 is 2.72 bits per heavy atom. The summed E-state index contributed by atoms with van der Waals surface area (Å²) in [6, 6.07) is 7.72. The number of rotatable bonds is 5. The third-order valence-electron chi connectivity index (χ3n) is 3.67. The maximum Gasteiger partial charge on any atom is 0.252 e. The molecule has 98 valence electrons. The summed E-state index contributed by atoms with van der Waals surface area (Å²) in [5, 5.41) is 3.02. The van der Waals surface area contributed by atoms with Crippen molar-refractivity contribution >= 4 is 28.5 Å². The fourth-order valence-corrected chi connectivity index (χ4v) is 3.26. The van der Waals surface area contributed by atoms with Gasteiger partial charge in [-0.3, -0.25) is 4.79 Å². The van der Waals surface area contributed by atoms with Crippen molar-refractivity contribution in [1.29, 1.82) is 0 Å². The maximum absolute atomic E-state index is 11.9. The number of carbonyl (C=O) groups excluding carboxylic acids is 1. The summed E-state index contributed by atoms with van der Waals surface area (Å²) in [5.41, 5.74) is 0.791. The second kappa shape index (κ2) is 7.12. The Labute approximate surface area is 123 Å². The van der Waals surface area contributed by atoms with Gasteiger partial charge in [-0.2, -0.15) is 0 Å². The van der Waals surface area contributed by atoms with Crippen LogP contribution >= 0.6 is 22.6 Å². The van der Waals surface area contributed by atoms with E-state index in [2.05, 4.69) is 27.9 Å². The zero-order valence-corrected chi connectivity index (χ0v) is 12.8. The number of amides is 1. The summed E-state index contributed by atoms with van der Waals surface area (Å²) < 4.78 is 1.02. The zero-order chi connectivity index (χ0) is 12.8. The van der Waals surface area contributed by atoms with Crippen LogP contribution in [-0.4, -0.2) is 12.5 Å². The molecule has 0 spiro atoms. The second-order valence-corrected chi connectivity index (χ2v) is 6.19. The molecule has 1 fully saturated rings. The molecule has 3 heteroatoms. The summed E-state index contributed by atoms with van der Waals surface area (Å²) in [6.45, 7) is 0.806. The largest absolute Gasteiger partial charge is 0.352 e. The molecule has 1 aromatic carbocycles. The molecule has 1 N–H and O–H groups in total. The van der Waals surface area contributed by atoms with Crippen LogP contribution in [0.3, 0.4) is 0 Å². The van der Waals surface area contributed by atoms with Gasteiger partial charge in [-0.15, -0.1) is 0 Å². The van der Waals surface area contributed by atoms with Crippen molar-refractivity contribution in [3.8, 4) is 0 Å². The Balaban J connectivity index is 1.70. The molecule has 0 radical (unpaired) electrons. The fourth-order valence-electron chi connectivity index (χ4n) is 2.63. The topological polar surface area (TPSA) is 29.1 Å². The van der Waals surface area contributed by atoms with E-state index in [1.807, 2.05) is 24.3 Å². The van der Waals surface area contributed by atoms with Crippen molar-refractivity contribution in [1.82, 2.24) is 5.32 Å². The summed E-state index contributed by atoms with van der Waals surface area (Å²) >= 11 is 2.21. The van der Waals surface area contributed by atoms with E-state index in [0.29, 0.717) is 0 Å². The van der Waals surface area contributed by atoms with Crippen LogP contribution in [0.1, 0.15) is 48.9 Å². The number of hydrogen-bond donors (Lipinski definition) is 1. The molecular weight excluding hydrogens is 337 g/mol. The molecule has 0 aliphatic heterocycles. The van der Waals surface area contributed by atoms with Gasteiger partial charge in [0, 0.05) is 10.1 Å². The molecule has 1 aliphatic rings. The van der Waals surface area contributed by atoms with E-state index < -0.39 is 0 Å². The normalized spacial score (nSPS) is 15.8. The molecule has 0 aromatic heterocycles. The molecule has 2 rings (SSSR count). The van der Waals surface area contributed by atoms with Crippen LogP contribution in [0, 0.1) is 9.49 Å². The average Bonchev–Trinajstić information content (AvgIpc) is 2.88. The molecule has 0 heterocycles. The highest BCUT2D eigenvalue weighted by atomic mass is 127. The Bertz CT molecular complexity index is 399. The minimum Gasteiger partial charge on any atom is -0.352 e. The molecule has 0 atom stereocenters. The monoisotopic (exact) mass is 357 g/mol. The molecule has 0 saturated heterocycles. The number of benzene rings is 1. The summed E-state index contributed by atoms with van der Waals surface area (Å²) in [7, 11) is 0. The van der Waals surface area contributed by atoms with Crippen molar-refractivity contribution in [2.24, 2.45) is 5.92 Å². The fraction of sp³-hybridized carbons (Fsp3) is 0.533. The van der Waals surface area contributed by atoms with Gasteiger partial charge in [0.15, 0.2) is 0 Å². The van der Waals surface area contributed by atoms with E-state index in [0.717, 1.165) is 28.0 Å². The molecule has 1 aliphatic carbocycles. The maximum atomic E-state index is 11.9. The third kappa shape index (κ3) is 3.97. The summed E-state index contributed by atoms with van der Waals surface area (Å²) in [5.74, 6) is 0.977. The minimum atomic E-state index is 0.0615. The van der Waals surface area contributed by atoms with Gasteiger partial charge >= 0.3 is 0 Å². The van der Waals surface area contributed by atoms with Crippen LogP contribution in [-0.2, 0) is 0 Å². The van der Waals surface area contributed by atoms with Crippen molar-refractivity contribution in [3.63, 3.8) is 0 Å². The van der Waals surface area contributed by atoms with Crippen LogP contribution in [0.4, 0.5) is 0 Å². The van der Waals surface area contributed by atoms with E-state index in [4.69, 9.17) is 0 Å². The Kier molecular flexibility index (Phi) is 5.47. The van der Waals surface area contributed by atoms with Gasteiger partial charge < -0.3 is 5.32 Å². The van der Waals surface area contributed by atoms with Crippen molar-refractivity contribution < 1.29 is 4.79 Å². The number of hydrogen-bond acceptors (Lipinski definition) is 1. The number of nitrogens with one attached hydrogen (secondary N) is 1. The molecule has 1 aromatic rings. The van der Waals surface area contributed by atoms with Gasteiger partial charge in [-0.05, 0) is 53.5 Å². The van der Waals surface area contributed by atoms with Crippen LogP contribution in [0.2, 0.25) is 0 Å². The SMILES string of the molecule is O=C(NCCCC1CCCC1)c1ccccc1I. The van der Waals surface area contributed by atoms with Gasteiger partial charge in [0.2, 0.25) is 0 Å². The molecule has 18 heavy (non-hydrogen) atoms. The third-order valence-corrected chi connectivity index (χ3v) is 4.61. The predicted molar refractivity (Wildman–Crippen MR) is 82.7 cm³/mol. The standard InChI is InChI=1S/C15H20INO/c16-14-10-4-3-9-13(14)15(18)17-11-5-8-12-6-1-2-7-12/h3-4,9-10,12H,1-2,5-8,11H2,(H,17,18). The summed E-state index contributed by atoms with van der Waals surface area (Å²) in [6.07, 6.45) is 7.97.